The first-order chi connectivity index (χ1) is 26.8. The van der Waals surface area contributed by atoms with Crippen molar-refractivity contribution < 1.29 is 66.4 Å². The lowest BCUT2D eigenvalue weighted by Crippen LogP contribution is -2.30. The summed E-state index contributed by atoms with van der Waals surface area (Å²) in [5.74, 6) is -1.94. The second-order valence-corrected chi connectivity index (χ2v) is 20.9. The minimum absolute atomic E-state index is 0.0150. The molecule has 2 aliphatic heterocycles. The van der Waals surface area contributed by atoms with Crippen LogP contribution in [0.3, 0.4) is 0 Å². The molecule has 2 aliphatic rings. The molecule has 0 spiro atoms. The summed E-state index contributed by atoms with van der Waals surface area (Å²) in [6.07, 6.45) is 14.3. The quantitative estimate of drug-likeness (QED) is 0.0477. The lowest BCUT2D eigenvalue weighted by atomic mass is 9.77. The number of anilines is 1. The third-order valence-corrected chi connectivity index (χ3v) is 13.6. The van der Waals surface area contributed by atoms with Crippen LogP contribution in [0.1, 0.15) is 76.8 Å². The molecule has 0 amide bonds. The van der Waals surface area contributed by atoms with Crippen LogP contribution < -0.4 is 4.90 Å². The van der Waals surface area contributed by atoms with E-state index in [1.807, 2.05) is 30.2 Å². The van der Waals surface area contributed by atoms with Crippen molar-refractivity contribution in [1.29, 1.82) is 0 Å². The average Bonchev–Trinajstić information content (AvgIpc) is 3.44. The summed E-state index contributed by atoms with van der Waals surface area (Å²) in [6, 6.07) is 8.30. The number of rotatable bonds is 20. The molecule has 0 saturated carbocycles. The number of fused-ring (bicyclic) bond motifs is 2. The number of benzene rings is 2. The Labute approximate surface area is 340 Å². The first kappa shape index (κ1) is 46.7. The SMILES string of the molecule is CC1(C)C(C=CC=CC=CC=C2N(CCCS(=O)(=O)O)c3ccc(S(=O)(=O)O)cc3C2(C)CCCCCC(=O)O)=[N+](CCCS(=O)(=O)O)c2ccc(S(=O)(=O)O)cc21. The van der Waals surface area contributed by atoms with E-state index in [0.717, 1.165) is 0 Å². The molecule has 2 heterocycles. The smallest absolute Gasteiger partial charge is 0.303 e. The van der Waals surface area contributed by atoms with E-state index in [0.29, 0.717) is 59.6 Å². The van der Waals surface area contributed by atoms with E-state index < -0.39 is 68.8 Å². The van der Waals surface area contributed by atoms with Crippen LogP contribution in [0.15, 0.2) is 94.4 Å². The second kappa shape index (κ2) is 18.1. The van der Waals surface area contributed by atoms with Crippen LogP contribution in [-0.4, -0.2) is 97.8 Å². The molecular formula is C38H49N2O14S4+. The predicted octanol–water partition coefficient (Wildman–Crippen LogP) is 5.48. The van der Waals surface area contributed by atoms with Gasteiger partial charge in [-0.15, -0.1) is 0 Å². The van der Waals surface area contributed by atoms with E-state index in [2.05, 4.69) is 0 Å². The molecular weight excluding hydrogens is 837 g/mol. The number of nitrogens with zero attached hydrogens (tertiary/aromatic N) is 2. The molecule has 0 aliphatic carbocycles. The van der Waals surface area contributed by atoms with Gasteiger partial charge in [-0.05, 0) is 82.0 Å². The largest absolute Gasteiger partial charge is 0.481 e. The van der Waals surface area contributed by atoms with Gasteiger partial charge in [0.05, 0.1) is 26.7 Å². The van der Waals surface area contributed by atoms with Gasteiger partial charge in [-0.3, -0.25) is 23.0 Å². The second-order valence-electron chi connectivity index (χ2n) is 14.9. The van der Waals surface area contributed by atoms with Crippen molar-refractivity contribution in [2.75, 3.05) is 29.5 Å². The first-order valence-corrected chi connectivity index (χ1v) is 24.4. The lowest BCUT2D eigenvalue weighted by molar-refractivity contribution is -0.437. The monoisotopic (exact) mass is 885 g/mol. The number of carboxylic acid groups (broad SMARTS) is 1. The molecule has 0 fully saturated rings. The minimum Gasteiger partial charge on any atom is -0.481 e. The van der Waals surface area contributed by atoms with Crippen molar-refractivity contribution >= 4 is 63.5 Å². The van der Waals surface area contributed by atoms with E-state index in [1.54, 1.807) is 42.5 Å². The highest BCUT2D eigenvalue weighted by molar-refractivity contribution is 7.86. The zero-order valence-electron chi connectivity index (χ0n) is 32.2. The van der Waals surface area contributed by atoms with Crippen LogP contribution in [0.5, 0.6) is 0 Å². The Morgan fingerprint density at radius 1 is 0.707 bits per heavy atom. The van der Waals surface area contributed by atoms with Crippen molar-refractivity contribution in [1.82, 2.24) is 0 Å². The molecule has 1 unspecified atom stereocenters. The van der Waals surface area contributed by atoms with Crippen LogP contribution in [0, 0.1) is 0 Å². The number of carbonyl (C=O) groups is 1. The molecule has 20 heteroatoms. The van der Waals surface area contributed by atoms with Gasteiger partial charge in [0.2, 0.25) is 5.69 Å². The maximum Gasteiger partial charge on any atom is 0.303 e. The fourth-order valence-corrected chi connectivity index (χ4v) is 9.48. The molecule has 1 atom stereocenters. The third kappa shape index (κ3) is 11.8. The number of hydrogen-bond acceptors (Lipinski definition) is 10. The number of aliphatic carboxylic acids is 1. The lowest BCUT2D eigenvalue weighted by Gasteiger charge is -2.30. The van der Waals surface area contributed by atoms with Gasteiger partial charge in [-0.2, -0.15) is 38.2 Å². The van der Waals surface area contributed by atoms with Crippen LogP contribution in [0.4, 0.5) is 11.4 Å². The molecule has 16 nitrogen and oxygen atoms in total. The first-order valence-electron chi connectivity index (χ1n) is 18.3. The summed E-state index contributed by atoms with van der Waals surface area (Å²) in [6.45, 7) is 5.89. The minimum atomic E-state index is -4.58. The third-order valence-electron chi connectivity index (χ3n) is 10.3. The van der Waals surface area contributed by atoms with Crippen molar-refractivity contribution in [3.05, 3.63) is 95.8 Å². The Morgan fingerprint density at radius 3 is 1.88 bits per heavy atom. The number of hydrogen-bond donors (Lipinski definition) is 5. The van der Waals surface area contributed by atoms with Gasteiger partial charge in [0, 0.05) is 53.9 Å². The van der Waals surface area contributed by atoms with E-state index in [4.69, 9.17) is 5.11 Å². The Morgan fingerprint density at radius 2 is 1.28 bits per heavy atom. The molecule has 0 bridgehead atoms. The molecule has 2 aromatic carbocycles. The van der Waals surface area contributed by atoms with Gasteiger partial charge in [0.15, 0.2) is 5.71 Å². The predicted molar refractivity (Wildman–Crippen MR) is 218 cm³/mol. The van der Waals surface area contributed by atoms with Crippen LogP contribution in [-0.2, 0) is 56.1 Å². The summed E-state index contributed by atoms with van der Waals surface area (Å²) in [7, 11) is -17.6. The highest BCUT2D eigenvalue weighted by Gasteiger charge is 2.45. The summed E-state index contributed by atoms with van der Waals surface area (Å²) in [4.78, 5) is 12.3. The summed E-state index contributed by atoms with van der Waals surface area (Å²) in [5, 5.41) is 9.09. The Hall–Kier alpha value is -4.02. The van der Waals surface area contributed by atoms with Gasteiger partial charge >= 0.3 is 5.97 Å². The number of allylic oxidation sites excluding steroid dienone is 8. The van der Waals surface area contributed by atoms with E-state index in [9.17, 15) is 56.7 Å². The highest BCUT2D eigenvalue weighted by Crippen LogP contribution is 2.51. The van der Waals surface area contributed by atoms with E-state index in [-0.39, 0.29) is 42.1 Å². The van der Waals surface area contributed by atoms with Crippen molar-refractivity contribution in [3.63, 3.8) is 0 Å². The molecule has 0 saturated heterocycles. The van der Waals surface area contributed by atoms with Gasteiger partial charge in [-0.1, -0.05) is 43.2 Å². The van der Waals surface area contributed by atoms with Crippen molar-refractivity contribution in [2.45, 2.75) is 86.3 Å². The molecule has 58 heavy (non-hydrogen) atoms. The number of carboxylic acids is 1. The summed E-state index contributed by atoms with van der Waals surface area (Å²) < 4.78 is 134. The highest BCUT2D eigenvalue weighted by atomic mass is 32.2. The Balaban J connectivity index is 1.69. The molecule has 0 aromatic heterocycles. The van der Waals surface area contributed by atoms with Gasteiger partial charge < -0.3 is 10.0 Å². The fourth-order valence-electron chi connectivity index (χ4n) is 7.48. The number of unbranched alkanes of at least 4 members (excludes halogenated alkanes) is 2. The summed E-state index contributed by atoms with van der Waals surface area (Å²) >= 11 is 0. The maximum atomic E-state index is 12.2. The molecule has 4 rings (SSSR count). The van der Waals surface area contributed by atoms with Gasteiger partial charge in [0.1, 0.15) is 6.54 Å². The van der Waals surface area contributed by atoms with E-state index >= 15 is 0 Å². The molecule has 318 valence electrons. The van der Waals surface area contributed by atoms with Crippen molar-refractivity contribution in [2.24, 2.45) is 0 Å². The Kier molecular flexibility index (Phi) is 14.5. The fraction of sp³-hybridized carbons (Fsp3) is 0.421. The van der Waals surface area contributed by atoms with E-state index in [1.165, 1.54) is 36.4 Å². The van der Waals surface area contributed by atoms with Gasteiger partial charge in [-0.25, -0.2) is 0 Å². The molecule has 0 radical (unpaired) electrons. The molecule has 2 aromatic rings. The van der Waals surface area contributed by atoms with Gasteiger partial charge in [0.25, 0.3) is 40.5 Å². The topological polar surface area (TPSA) is 261 Å². The van der Waals surface area contributed by atoms with Crippen molar-refractivity contribution in [3.8, 4) is 0 Å². The van der Waals surface area contributed by atoms with Crippen LogP contribution in [0.25, 0.3) is 0 Å². The van der Waals surface area contributed by atoms with Crippen LogP contribution >= 0.6 is 0 Å². The maximum absolute atomic E-state index is 12.2. The molecule has 5 N–H and O–H groups in total. The zero-order chi connectivity index (χ0) is 43.3. The summed E-state index contributed by atoms with van der Waals surface area (Å²) in [5.41, 5.74) is 2.04. The zero-order valence-corrected chi connectivity index (χ0v) is 35.5. The normalized spacial score (nSPS) is 19.3. The average molecular weight is 886 g/mol. The van der Waals surface area contributed by atoms with Crippen LogP contribution in [0.2, 0.25) is 0 Å². The standard InChI is InChI=1S/C38H48N2O14S4/c1-37(2)30-26-28(57(49,50)51)17-19-32(30)39(22-12-24-55(43,44)45)34(37)14-8-5-4-6-9-15-35-38(3,21-11-7-10-16-36(41)42)31-27-29(58(52,53)54)18-20-33(31)40(35)23-13-25-56(46,47)48/h4-6,8-9,14-15,17-20,26-27H,7,10-13,16,21-25H2,1-3H3,(H4-,41,42,43,44,45,46,47,48,49,50,51,52,53,54)/p+1. The Bertz CT molecular complexity index is 2520.